The monoisotopic (exact) mass is 220 g/mol. The van der Waals surface area contributed by atoms with Gasteiger partial charge in [-0.25, -0.2) is 0 Å². The summed E-state index contributed by atoms with van der Waals surface area (Å²) in [5.41, 5.74) is -0.335. The Labute approximate surface area is 90.8 Å². The Kier molecular flexibility index (Phi) is 3.58. The molecule has 0 radical (unpaired) electrons. The summed E-state index contributed by atoms with van der Waals surface area (Å²) in [6.45, 7) is -0.260. The van der Waals surface area contributed by atoms with Gasteiger partial charge in [0.05, 0.1) is 23.2 Å². The van der Waals surface area contributed by atoms with Crippen LogP contribution in [0.25, 0.3) is 6.08 Å². The molecule has 0 unspecified atom stereocenters. The van der Waals surface area contributed by atoms with Gasteiger partial charge in [-0.3, -0.25) is 10.1 Å². The summed E-state index contributed by atoms with van der Waals surface area (Å²) in [5, 5.41) is 37.3. The van der Waals surface area contributed by atoms with Crippen LogP contribution >= 0.6 is 0 Å². The van der Waals surface area contributed by atoms with Crippen LogP contribution in [0.4, 0.5) is 5.69 Å². The number of nitriles is 1. The predicted octanol–water partition coefficient (Wildman–Crippen LogP) is 1.18. The molecule has 1 aromatic carbocycles. The van der Waals surface area contributed by atoms with Crippen molar-refractivity contribution < 1.29 is 15.1 Å². The number of nitro groups is 1. The quantitative estimate of drug-likeness (QED) is 0.587. The van der Waals surface area contributed by atoms with Gasteiger partial charge in [0.1, 0.15) is 0 Å². The van der Waals surface area contributed by atoms with Crippen LogP contribution in [-0.4, -0.2) is 21.7 Å². The molecule has 0 amide bonds. The number of aliphatic hydroxyl groups excluding tert-OH is 1. The van der Waals surface area contributed by atoms with Crippen molar-refractivity contribution in [2.75, 3.05) is 6.61 Å². The van der Waals surface area contributed by atoms with Gasteiger partial charge in [0.2, 0.25) is 5.75 Å². The Morgan fingerprint density at radius 2 is 2.25 bits per heavy atom. The third kappa shape index (κ3) is 2.34. The Hall–Kier alpha value is -2.39. The van der Waals surface area contributed by atoms with Crippen molar-refractivity contribution in [3.8, 4) is 11.8 Å². The van der Waals surface area contributed by atoms with Crippen LogP contribution in [0.15, 0.2) is 18.2 Å². The molecule has 6 heteroatoms. The van der Waals surface area contributed by atoms with E-state index in [0.717, 1.165) is 6.07 Å². The fourth-order valence-electron chi connectivity index (χ4n) is 1.15. The number of aromatic hydroxyl groups is 1. The van der Waals surface area contributed by atoms with E-state index < -0.39 is 16.4 Å². The van der Waals surface area contributed by atoms with Gasteiger partial charge >= 0.3 is 5.69 Å². The Balaban J connectivity index is 3.38. The van der Waals surface area contributed by atoms with Gasteiger partial charge in [0, 0.05) is 11.6 Å². The van der Waals surface area contributed by atoms with Crippen molar-refractivity contribution in [1.82, 2.24) is 0 Å². The molecule has 0 fully saturated rings. The molecule has 0 heterocycles. The molecule has 0 saturated heterocycles. The second kappa shape index (κ2) is 4.91. The standard InChI is InChI=1S/C10H8N2O4/c11-6-7-4-8(2-1-3-13)10(14)9(5-7)12(15)16/h1-2,4-5,13-14H,3H2. The first-order chi connectivity index (χ1) is 7.60. The van der Waals surface area contributed by atoms with Gasteiger partial charge in [0.25, 0.3) is 0 Å². The molecule has 82 valence electrons. The van der Waals surface area contributed by atoms with Crippen LogP contribution in [0.2, 0.25) is 0 Å². The first kappa shape index (κ1) is 11.7. The average Bonchev–Trinajstić information content (AvgIpc) is 2.27. The minimum absolute atomic E-state index is 0.0714. The lowest BCUT2D eigenvalue weighted by molar-refractivity contribution is -0.385. The highest BCUT2D eigenvalue weighted by Gasteiger charge is 2.17. The first-order valence-corrected chi connectivity index (χ1v) is 4.29. The van der Waals surface area contributed by atoms with Crippen molar-refractivity contribution in [3.05, 3.63) is 39.4 Å². The van der Waals surface area contributed by atoms with Crippen LogP contribution in [0, 0.1) is 21.4 Å². The highest BCUT2D eigenvalue weighted by atomic mass is 16.6. The normalized spacial score (nSPS) is 10.2. The average molecular weight is 220 g/mol. The van der Waals surface area contributed by atoms with E-state index in [1.165, 1.54) is 18.2 Å². The minimum Gasteiger partial charge on any atom is -0.502 e. The topological polar surface area (TPSA) is 107 Å². The molecule has 0 aliphatic heterocycles. The Morgan fingerprint density at radius 1 is 1.56 bits per heavy atom. The summed E-state index contributed by atoms with van der Waals surface area (Å²) in [4.78, 5) is 9.81. The van der Waals surface area contributed by atoms with Crippen molar-refractivity contribution in [2.45, 2.75) is 0 Å². The summed E-state index contributed by atoms with van der Waals surface area (Å²) in [6.07, 6.45) is 2.61. The van der Waals surface area contributed by atoms with Crippen molar-refractivity contribution >= 4 is 11.8 Å². The van der Waals surface area contributed by atoms with Crippen molar-refractivity contribution in [3.63, 3.8) is 0 Å². The van der Waals surface area contributed by atoms with Crippen LogP contribution in [0.5, 0.6) is 5.75 Å². The molecule has 0 spiro atoms. The van der Waals surface area contributed by atoms with E-state index in [4.69, 9.17) is 10.4 Å². The van der Waals surface area contributed by atoms with E-state index in [1.807, 2.05) is 0 Å². The predicted molar refractivity (Wildman–Crippen MR) is 55.6 cm³/mol. The van der Waals surface area contributed by atoms with Crippen LogP contribution in [0.3, 0.4) is 0 Å². The van der Waals surface area contributed by atoms with E-state index in [2.05, 4.69) is 0 Å². The lowest BCUT2D eigenvalue weighted by atomic mass is 10.1. The summed E-state index contributed by atoms with van der Waals surface area (Å²) < 4.78 is 0. The molecular weight excluding hydrogens is 212 g/mol. The highest BCUT2D eigenvalue weighted by molar-refractivity contribution is 5.67. The van der Waals surface area contributed by atoms with Crippen LogP contribution in [-0.2, 0) is 0 Å². The highest BCUT2D eigenvalue weighted by Crippen LogP contribution is 2.31. The number of phenolic OH excluding ortho intramolecular Hbond substituents is 1. The third-order valence-electron chi connectivity index (χ3n) is 1.85. The summed E-state index contributed by atoms with van der Waals surface area (Å²) >= 11 is 0. The van der Waals surface area contributed by atoms with E-state index in [1.54, 1.807) is 6.07 Å². The Bertz CT molecular complexity index is 488. The number of phenols is 1. The molecule has 6 nitrogen and oxygen atoms in total. The third-order valence-corrected chi connectivity index (χ3v) is 1.85. The number of rotatable bonds is 3. The number of nitrogens with zero attached hydrogens (tertiary/aromatic N) is 2. The van der Waals surface area contributed by atoms with Gasteiger partial charge in [-0.2, -0.15) is 5.26 Å². The molecule has 16 heavy (non-hydrogen) atoms. The smallest absolute Gasteiger partial charge is 0.312 e. The number of hydrogen-bond acceptors (Lipinski definition) is 5. The molecule has 1 aromatic rings. The molecule has 0 aliphatic carbocycles. The number of aliphatic hydroxyl groups is 1. The largest absolute Gasteiger partial charge is 0.502 e. The van der Waals surface area contributed by atoms with E-state index in [9.17, 15) is 15.2 Å². The fourth-order valence-corrected chi connectivity index (χ4v) is 1.15. The second-order valence-corrected chi connectivity index (χ2v) is 2.89. The van der Waals surface area contributed by atoms with Gasteiger partial charge in [-0.1, -0.05) is 12.2 Å². The lowest BCUT2D eigenvalue weighted by Crippen LogP contribution is -1.92. The SMILES string of the molecule is N#Cc1cc(C=CCO)c(O)c([N+](=O)[O-])c1. The summed E-state index contributed by atoms with van der Waals surface area (Å²) in [6, 6.07) is 4.05. The maximum atomic E-state index is 10.6. The zero-order valence-corrected chi connectivity index (χ0v) is 8.12. The lowest BCUT2D eigenvalue weighted by Gasteiger charge is -2.01. The molecule has 0 saturated carbocycles. The van der Waals surface area contributed by atoms with Gasteiger partial charge < -0.3 is 10.2 Å². The molecule has 0 aromatic heterocycles. The maximum Gasteiger partial charge on any atom is 0.312 e. The van der Waals surface area contributed by atoms with Gasteiger partial charge in [0.15, 0.2) is 0 Å². The van der Waals surface area contributed by atoms with Crippen molar-refractivity contribution in [2.24, 2.45) is 0 Å². The molecular formula is C10H8N2O4. The second-order valence-electron chi connectivity index (χ2n) is 2.89. The minimum atomic E-state index is -0.771. The molecule has 1 rings (SSSR count). The van der Waals surface area contributed by atoms with Gasteiger partial charge in [-0.15, -0.1) is 0 Å². The van der Waals surface area contributed by atoms with Crippen LogP contribution in [0.1, 0.15) is 11.1 Å². The first-order valence-electron chi connectivity index (χ1n) is 4.29. The zero-order valence-electron chi connectivity index (χ0n) is 8.12. The van der Waals surface area contributed by atoms with E-state index in [0.29, 0.717) is 0 Å². The number of hydrogen-bond donors (Lipinski definition) is 2. The Morgan fingerprint density at radius 3 is 2.75 bits per heavy atom. The molecule has 0 bridgehead atoms. The number of nitro benzene ring substituents is 1. The molecule has 0 atom stereocenters. The fraction of sp³-hybridized carbons (Fsp3) is 0.100. The number of benzene rings is 1. The van der Waals surface area contributed by atoms with Crippen LogP contribution < -0.4 is 0 Å². The summed E-state index contributed by atoms with van der Waals surface area (Å²) in [7, 11) is 0. The van der Waals surface area contributed by atoms with Crippen molar-refractivity contribution in [1.29, 1.82) is 5.26 Å². The summed E-state index contributed by atoms with van der Waals surface area (Å²) in [5.74, 6) is -0.520. The molecule has 2 N–H and O–H groups in total. The van der Waals surface area contributed by atoms with E-state index >= 15 is 0 Å². The molecule has 0 aliphatic rings. The maximum absolute atomic E-state index is 10.6. The zero-order chi connectivity index (χ0) is 12.1. The van der Waals surface area contributed by atoms with E-state index in [-0.39, 0.29) is 17.7 Å². The van der Waals surface area contributed by atoms with Gasteiger partial charge in [-0.05, 0) is 6.07 Å².